The van der Waals surface area contributed by atoms with Gasteiger partial charge in [-0.1, -0.05) is 47.5 Å². The molecule has 3 aromatic rings. The van der Waals surface area contributed by atoms with Gasteiger partial charge in [0.05, 0.1) is 15.0 Å². The minimum atomic E-state index is -0.589. The number of rotatable bonds is 7. The third-order valence-electron chi connectivity index (χ3n) is 4.89. The average Bonchev–Trinajstić information content (AvgIpc) is 3.09. The van der Waals surface area contributed by atoms with Crippen LogP contribution in [-0.2, 0) is 16.2 Å². The van der Waals surface area contributed by atoms with E-state index in [1.165, 1.54) is 24.3 Å². The molecule has 0 atom stereocenters. The van der Waals surface area contributed by atoms with Gasteiger partial charge in [0.2, 0.25) is 5.91 Å². The number of nitrogens with one attached hydrogen (secondary N) is 1. The van der Waals surface area contributed by atoms with Crippen LogP contribution in [-0.4, -0.2) is 28.5 Å². The van der Waals surface area contributed by atoms with Gasteiger partial charge >= 0.3 is 0 Å². The molecule has 178 valence electrons. The van der Waals surface area contributed by atoms with Crippen molar-refractivity contribution >= 4 is 63.8 Å². The largest absolute Gasteiger partial charge is 0.488 e. The van der Waals surface area contributed by atoms with Gasteiger partial charge in [-0.2, -0.15) is 0 Å². The van der Waals surface area contributed by atoms with E-state index >= 15 is 0 Å². The van der Waals surface area contributed by atoms with Crippen LogP contribution in [0.5, 0.6) is 5.75 Å². The maximum atomic E-state index is 13.0. The Morgan fingerprint density at radius 1 is 1.03 bits per heavy atom. The number of carbonyl (C=O) groups excluding carboxylic acids is 3. The first-order chi connectivity index (χ1) is 16.8. The second kappa shape index (κ2) is 10.9. The fourth-order valence-electron chi connectivity index (χ4n) is 3.18. The van der Waals surface area contributed by atoms with E-state index in [0.29, 0.717) is 27.0 Å². The molecule has 1 aliphatic rings. The van der Waals surface area contributed by atoms with Crippen molar-refractivity contribution < 1.29 is 23.5 Å². The zero-order chi connectivity index (χ0) is 24.9. The highest BCUT2D eigenvalue weighted by Gasteiger charge is 2.36. The molecule has 0 unspecified atom stereocenters. The van der Waals surface area contributed by atoms with E-state index < -0.39 is 29.4 Å². The standard InChI is InChI=1S/C25H17Cl2FN2O4S/c26-19-10-5-15(11-20(19)27)14-34-21-4-2-1-3-16(21)12-22-24(32)30(25(33)35-22)13-23(31)29-18-8-6-17(28)7-9-18/h1-12H,13-14H2,(H,29,31)/b22-12-. The fourth-order valence-corrected chi connectivity index (χ4v) is 4.33. The number of thioether (sulfide) groups is 1. The molecule has 0 spiro atoms. The molecule has 0 radical (unpaired) electrons. The van der Waals surface area contributed by atoms with Gasteiger partial charge in [-0.05, 0) is 65.9 Å². The number of anilines is 1. The first-order valence-electron chi connectivity index (χ1n) is 10.3. The Balaban J connectivity index is 1.44. The Kier molecular flexibility index (Phi) is 7.75. The molecule has 0 aromatic heterocycles. The summed E-state index contributed by atoms with van der Waals surface area (Å²) in [7, 11) is 0. The minimum Gasteiger partial charge on any atom is -0.488 e. The lowest BCUT2D eigenvalue weighted by Crippen LogP contribution is -2.36. The second-order valence-corrected chi connectivity index (χ2v) is 9.21. The van der Waals surface area contributed by atoms with E-state index in [2.05, 4.69) is 5.32 Å². The van der Waals surface area contributed by atoms with Gasteiger partial charge in [0.15, 0.2) is 0 Å². The molecule has 6 nitrogen and oxygen atoms in total. The first-order valence-corrected chi connectivity index (χ1v) is 11.8. The van der Waals surface area contributed by atoms with Crippen LogP contribution in [0.3, 0.4) is 0 Å². The van der Waals surface area contributed by atoms with Crippen molar-refractivity contribution in [3.8, 4) is 5.75 Å². The molecular weight excluding hydrogens is 514 g/mol. The molecule has 0 saturated carbocycles. The highest BCUT2D eigenvalue weighted by atomic mass is 35.5. The Bertz CT molecular complexity index is 1330. The number of hydrogen-bond acceptors (Lipinski definition) is 5. The number of halogens is 3. The smallest absolute Gasteiger partial charge is 0.294 e. The van der Waals surface area contributed by atoms with E-state index in [-0.39, 0.29) is 11.5 Å². The summed E-state index contributed by atoms with van der Waals surface area (Å²) in [6.45, 7) is -0.248. The Morgan fingerprint density at radius 2 is 1.77 bits per heavy atom. The van der Waals surface area contributed by atoms with E-state index in [1.807, 2.05) is 0 Å². The highest BCUT2D eigenvalue weighted by Crippen LogP contribution is 2.34. The lowest BCUT2D eigenvalue weighted by Gasteiger charge is -2.12. The summed E-state index contributed by atoms with van der Waals surface area (Å²) in [5.41, 5.74) is 1.75. The van der Waals surface area contributed by atoms with Crippen LogP contribution in [0.2, 0.25) is 10.0 Å². The zero-order valence-corrected chi connectivity index (χ0v) is 20.3. The summed E-state index contributed by atoms with van der Waals surface area (Å²) >= 11 is 12.7. The number of nitrogens with zero attached hydrogens (tertiary/aromatic N) is 1. The summed E-state index contributed by atoms with van der Waals surface area (Å²) in [6, 6.07) is 17.4. The van der Waals surface area contributed by atoms with Gasteiger partial charge < -0.3 is 10.1 Å². The number of amides is 3. The molecule has 3 aromatic carbocycles. The highest BCUT2D eigenvalue weighted by molar-refractivity contribution is 8.18. The molecule has 1 N–H and O–H groups in total. The van der Waals surface area contributed by atoms with Crippen LogP contribution in [0.4, 0.5) is 14.9 Å². The van der Waals surface area contributed by atoms with Crippen molar-refractivity contribution in [1.82, 2.24) is 4.90 Å². The van der Waals surface area contributed by atoms with Crippen molar-refractivity contribution in [2.24, 2.45) is 0 Å². The summed E-state index contributed by atoms with van der Waals surface area (Å²) in [6.07, 6.45) is 1.55. The van der Waals surface area contributed by atoms with Crippen LogP contribution >= 0.6 is 35.0 Å². The topological polar surface area (TPSA) is 75.7 Å². The van der Waals surface area contributed by atoms with Crippen molar-refractivity contribution in [3.63, 3.8) is 0 Å². The number of imide groups is 1. The molecule has 0 bridgehead atoms. The normalized spacial score (nSPS) is 14.5. The SMILES string of the molecule is O=C(CN1C(=O)S/C(=C\c2ccccc2OCc2ccc(Cl)c(Cl)c2)C1=O)Nc1ccc(F)cc1. The molecule has 1 fully saturated rings. The predicted octanol–water partition coefficient (Wildman–Crippen LogP) is 6.39. The fraction of sp³-hybridized carbons (Fsp3) is 0.0800. The van der Waals surface area contributed by atoms with Crippen molar-refractivity contribution in [3.05, 3.63) is 98.6 Å². The molecule has 1 saturated heterocycles. The molecule has 3 amide bonds. The zero-order valence-electron chi connectivity index (χ0n) is 18.0. The van der Waals surface area contributed by atoms with Gasteiger partial charge in [-0.25, -0.2) is 4.39 Å². The van der Waals surface area contributed by atoms with Gasteiger partial charge in [0, 0.05) is 11.3 Å². The predicted molar refractivity (Wildman–Crippen MR) is 135 cm³/mol. The molecule has 1 heterocycles. The monoisotopic (exact) mass is 530 g/mol. The average molecular weight is 531 g/mol. The quantitative estimate of drug-likeness (QED) is 0.358. The Morgan fingerprint density at radius 3 is 2.51 bits per heavy atom. The summed E-state index contributed by atoms with van der Waals surface area (Å²) in [4.78, 5) is 38.6. The van der Waals surface area contributed by atoms with Crippen LogP contribution in [0.25, 0.3) is 6.08 Å². The number of hydrogen-bond donors (Lipinski definition) is 1. The summed E-state index contributed by atoms with van der Waals surface area (Å²) in [5.74, 6) is -1.11. The van der Waals surface area contributed by atoms with Crippen LogP contribution in [0.1, 0.15) is 11.1 Å². The first kappa shape index (κ1) is 24.8. The van der Waals surface area contributed by atoms with E-state index in [4.69, 9.17) is 27.9 Å². The van der Waals surface area contributed by atoms with Gasteiger partial charge in [-0.15, -0.1) is 0 Å². The third-order valence-corrected chi connectivity index (χ3v) is 6.53. The number of carbonyl (C=O) groups is 3. The van der Waals surface area contributed by atoms with E-state index in [0.717, 1.165) is 22.2 Å². The van der Waals surface area contributed by atoms with Crippen molar-refractivity contribution in [2.45, 2.75) is 6.61 Å². The molecule has 1 aliphatic heterocycles. The van der Waals surface area contributed by atoms with Crippen molar-refractivity contribution in [2.75, 3.05) is 11.9 Å². The lowest BCUT2D eigenvalue weighted by atomic mass is 10.1. The second-order valence-electron chi connectivity index (χ2n) is 7.40. The summed E-state index contributed by atoms with van der Waals surface area (Å²) in [5, 5.41) is 2.82. The minimum absolute atomic E-state index is 0.162. The molecule has 35 heavy (non-hydrogen) atoms. The Labute approximate surface area is 214 Å². The van der Waals surface area contributed by atoms with Crippen molar-refractivity contribution in [1.29, 1.82) is 0 Å². The number of ether oxygens (including phenoxy) is 1. The Hall–Kier alpha value is -3.33. The van der Waals surface area contributed by atoms with Gasteiger partial charge in [-0.3, -0.25) is 19.3 Å². The van der Waals surface area contributed by atoms with Crippen LogP contribution < -0.4 is 10.1 Å². The molecule has 0 aliphatic carbocycles. The maximum Gasteiger partial charge on any atom is 0.294 e. The number of para-hydroxylation sites is 1. The lowest BCUT2D eigenvalue weighted by molar-refractivity contribution is -0.127. The molecule has 10 heteroatoms. The van der Waals surface area contributed by atoms with E-state index in [9.17, 15) is 18.8 Å². The maximum absolute atomic E-state index is 13.0. The molecule has 4 rings (SSSR count). The molecular formula is C25H17Cl2FN2O4S. The summed E-state index contributed by atoms with van der Waals surface area (Å²) < 4.78 is 18.9. The van der Waals surface area contributed by atoms with Crippen LogP contribution in [0, 0.1) is 5.82 Å². The third kappa shape index (κ3) is 6.22. The van der Waals surface area contributed by atoms with Crippen LogP contribution in [0.15, 0.2) is 71.6 Å². The van der Waals surface area contributed by atoms with Gasteiger partial charge in [0.25, 0.3) is 11.1 Å². The van der Waals surface area contributed by atoms with Gasteiger partial charge in [0.1, 0.15) is 24.7 Å². The number of benzene rings is 3. The van der Waals surface area contributed by atoms with E-state index in [1.54, 1.807) is 48.5 Å².